The molecule has 0 bridgehead atoms. The molecule has 1 saturated heterocycles. The highest BCUT2D eigenvalue weighted by Crippen LogP contribution is 2.33. The smallest absolute Gasteiger partial charge is 0.305 e. The molecule has 0 spiro atoms. The number of halogens is 1. The number of pyridine rings is 1. The molecule has 1 fully saturated rings. The zero-order valence-electron chi connectivity index (χ0n) is 29.1. The minimum absolute atomic E-state index is 0.101. The minimum Gasteiger partial charge on any atom is -0.469 e. The van der Waals surface area contributed by atoms with Gasteiger partial charge in [-0.1, -0.05) is 76.8 Å². The molecule has 0 N–H and O–H groups in total. The van der Waals surface area contributed by atoms with Crippen molar-refractivity contribution in [3.05, 3.63) is 75.6 Å². The lowest BCUT2D eigenvalue weighted by Crippen LogP contribution is -2.47. The molecule has 1 unspecified atom stereocenters. The van der Waals surface area contributed by atoms with Crippen molar-refractivity contribution in [3.63, 3.8) is 0 Å². The van der Waals surface area contributed by atoms with E-state index in [4.69, 9.17) is 4.74 Å². The van der Waals surface area contributed by atoms with Crippen molar-refractivity contribution in [2.45, 2.75) is 103 Å². The summed E-state index contributed by atoms with van der Waals surface area (Å²) in [4.78, 5) is 29.8. The van der Waals surface area contributed by atoms with E-state index < -0.39 is 0 Å². The number of rotatable bonds is 19. The zero-order chi connectivity index (χ0) is 33.7. The minimum atomic E-state index is -0.164. The number of nitrogens with zero attached hydrogens (tertiary/aromatic N) is 3. The van der Waals surface area contributed by atoms with Crippen molar-refractivity contribution in [3.8, 4) is 0 Å². The van der Waals surface area contributed by atoms with Crippen LogP contribution >= 0.6 is 11.3 Å². The molecule has 0 radical (unpaired) electrons. The molecule has 8 heteroatoms. The van der Waals surface area contributed by atoms with Crippen LogP contribution in [0.25, 0.3) is 21.0 Å². The van der Waals surface area contributed by atoms with Crippen LogP contribution in [0.15, 0.2) is 58.7 Å². The first-order valence-electron chi connectivity index (χ1n) is 18.3. The second-order valence-corrected chi connectivity index (χ2v) is 14.5. The molecule has 0 aliphatic carbocycles. The predicted octanol–water partition coefficient (Wildman–Crippen LogP) is 9.53. The van der Waals surface area contributed by atoms with Gasteiger partial charge in [0, 0.05) is 67.0 Å². The Balaban J connectivity index is 1.21. The maximum atomic E-state index is 14.3. The van der Waals surface area contributed by atoms with Crippen LogP contribution in [-0.2, 0) is 16.0 Å². The topological polar surface area (TPSA) is 54.8 Å². The quantitative estimate of drug-likeness (QED) is 0.0732. The van der Waals surface area contributed by atoms with Gasteiger partial charge in [-0.3, -0.25) is 14.5 Å². The first kappa shape index (κ1) is 36.1. The number of ether oxygens (including phenoxy) is 1. The highest BCUT2D eigenvalue weighted by atomic mass is 32.1. The van der Waals surface area contributed by atoms with Gasteiger partial charge in [0.05, 0.1) is 12.6 Å². The first-order chi connectivity index (χ1) is 23.5. The van der Waals surface area contributed by atoms with E-state index in [1.165, 1.54) is 38.4 Å². The van der Waals surface area contributed by atoms with E-state index in [1.54, 1.807) is 29.5 Å². The zero-order valence-corrected chi connectivity index (χ0v) is 29.9. The number of esters is 1. The Morgan fingerprint density at radius 2 is 1.58 bits per heavy atom. The van der Waals surface area contributed by atoms with Gasteiger partial charge in [-0.25, -0.2) is 4.39 Å². The Morgan fingerprint density at radius 1 is 0.875 bits per heavy atom. The number of benzene rings is 2. The van der Waals surface area contributed by atoms with E-state index in [9.17, 15) is 14.0 Å². The van der Waals surface area contributed by atoms with E-state index >= 15 is 0 Å². The summed E-state index contributed by atoms with van der Waals surface area (Å²) in [5.74, 6) is -0.292. The molecule has 2 aromatic carbocycles. The van der Waals surface area contributed by atoms with Gasteiger partial charge < -0.3 is 14.2 Å². The van der Waals surface area contributed by atoms with Gasteiger partial charge in [-0.2, -0.15) is 0 Å². The summed E-state index contributed by atoms with van der Waals surface area (Å²) >= 11 is 1.59. The fourth-order valence-corrected chi connectivity index (χ4v) is 8.11. The number of hydrogen-bond donors (Lipinski definition) is 0. The summed E-state index contributed by atoms with van der Waals surface area (Å²) in [6.07, 6.45) is 14.8. The van der Waals surface area contributed by atoms with Gasteiger partial charge in [0.15, 0.2) is 0 Å². The molecule has 4 aromatic rings. The summed E-state index contributed by atoms with van der Waals surface area (Å²) in [5.41, 5.74) is 3.44. The highest BCUT2D eigenvalue weighted by molar-refractivity contribution is 7.17. The number of unbranched alkanes of at least 4 members (excludes halogenated alkanes) is 8. The number of piperazine rings is 1. The van der Waals surface area contributed by atoms with E-state index in [0.29, 0.717) is 6.42 Å². The second-order valence-electron chi connectivity index (χ2n) is 13.5. The molecule has 0 amide bonds. The van der Waals surface area contributed by atoms with Gasteiger partial charge in [0.25, 0.3) is 5.56 Å². The maximum Gasteiger partial charge on any atom is 0.305 e. The summed E-state index contributed by atoms with van der Waals surface area (Å²) in [6.45, 7) is 6.88. The van der Waals surface area contributed by atoms with E-state index in [1.807, 2.05) is 11.4 Å². The number of hydrogen-bond acceptors (Lipinski definition) is 6. The Morgan fingerprint density at radius 3 is 2.33 bits per heavy atom. The standard InChI is InChI=1S/C40H54FN3O3S/c1-3-4-5-7-10-13-34(14-11-8-6-9-12-15-40(46)47-2)44-36-28-31(16-17-32(36)18-19-39(44)45)20-22-42-23-25-43(26-24-42)37-29-33(41)30-38-35(37)21-27-48-38/h16-19,21,27-30,34H,3-15,20,22-26H2,1-2H3. The van der Waals surface area contributed by atoms with E-state index in [-0.39, 0.29) is 23.4 Å². The molecule has 5 rings (SSSR count). The largest absolute Gasteiger partial charge is 0.469 e. The molecule has 2 aromatic heterocycles. The maximum absolute atomic E-state index is 14.3. The third-order valence-electron chi connectivity index (χ3n) is 10.1. The lowest BCUT2D eigenvalue weighted by Gasteiger charge is -2.36. The average molecular weight is 676 g/mol. The molecule has 1 atom stereocenters. The molecule has 3 heterocycles. The van der Waals surface area contributed by atoms with Crippen molar-refractivity contribution in [1.82, 2.24) is 9.47 Å². The number of methoxy groups -OCH3 is 1. The Hall–Kier alpha value is -3.23. The SMILES string of the molecule is CCCCCCCC(CCCCCCCC(=O)OC)n1c(=O)ccc2ccc(CCN3CCN(c4cc(F)cc5sccc45)CC3)cc21. The van der Waals surface area contributed by atoms with Gasteiger partial charge in [-0.05, 0) is 72.3 Å². The fourth-order valence-electron chi connectivity index (χ4n) is 7.28. The van der Waals surface area contributed by atoms with Crippen LogP contribution in [0.4, 0.5) is 10.1 Å². The van der Waals surface area contributed by atoms with Crippen molar-refractivity contribution in [2.75, 3.05) is 44.7 Å². The highest BCUT2D eigenvalue weighted by Gasteiger charge is 2.20. The third-order valence-corrected chi connectivity index (χ3v) is 11.0. The number of anilines is 1. The Labute approximate surface area is 289 Å². The summed E-state index contributed by atoms with van der Waals surface area (Å²) in [7, 11) is 1.45. The summed E-state index contributed by atoms with van der Waals surface area (Å²) in [5, 5.41) is 4.31. The van der Waals surface area contributed by atoms with Crippen LogP contribution in [0.2, 0.25) is 0 Å². The fraction of sp³-hybridized carbons (Fsp3) is 0.550. The van der Waals surface area contributed by atoms with Gasteiger partial charge >= 0.3 is 5.97 Å². The molecule has 6 nitrogen and oxygen atoms in total. The molecule has 1 aliphatic heterocycles. The van der Waals surface area contributed by atoms with E-state index in [2.05, 4.69) is 45.6 Å². The number of thiophene rings is 1. The third kappa shape index (κ3) is 9.91. The van der Waals surface area contributed by atoms with Gasteiger partial charge in [0.2, 0.25) is 0 Å². The second kappa shape index (κ2) is 18.5. The normalized spacial score (nSPS) is 14.6. The van der Waals surface area contributed by atoms with E-state index in [0.717, 1.165) is 117 Å². The van der Waals surface area contributed by atoms with Crippen LogP contribution in [0.3, 0.4) is 0 Å². The van der Waals surface area contributed by atoms with Crippen LogP contribution < -0.4 is 10.5 Å². The lowest BCUT2D eigenvalue weighted by atomic mass is 9.98. The van der Waals surface area contributed by atoms with Crippen molar-refractivity contribution in [2.24, 2.45) is 0 Å². The molecule has 48 heavy (non-hydrogen) atoms. The molecule has 1 aliphatic rings. The molecular formula is C40H54FN3O3S. The van der Waals surface area contributed by atoms with Gasteiger partial charge in [-0.15, -0.1) is 11.3 Å². The predicted molar refractivity (Wildman–Crippen MR) is 199 cm³/mol. The van der Waals surface area contributed by atoms with Crippen LogP contribution in [-0.4, -0.2) is 55.3 Å². The number of aromatic nitrogens is 1. The Kier molecular flexibility index (Phi) is 13.9. The van der Waals surface area contributed by atoms with Crippen molar-refractivity contribution < 1.29 is 13.9 Å². The van der Waals surface area contributed by atoms with Gasteiger partial charge in [0.1, 0.15) is 5.82 Å². The van der Waals surface area contributed by atoms with Crippen LogP contribution in [0.5, 0.6) is 0 Å². The molecular weight excluding hydrogens is 622 g/mol. The molecule has 260 valence electrons. The summed E-state index contributed by atoms with van der Waals surface area (Å²) in [6, 6.07) is 16.0. The lowest BCUT2D eigenvalue weighted by molar-refractivity contribution is -0.140. The summed E-state index contributed by atoms with van der Waals surface area (Å²) < 4.78 is 22.2. The average Bonchev–Trinajstić information content (AvgIpc) is 3.57. The first-order valence-corrected chi connectivity index (χ1v) is 19.2. The molecule has 0 saturated carbocycles. The van der Waals surface area contributed by atoms with Crippen molar-refractivity contribution in [1.29, 1.82) is 0 Å². The van der Waals surface area contributed by atoms with Crippen LogP contribution in [0, 0.1) is 5.82 Å². The van der Waals surface area contributed by atoms with Crippen LogP contribution in [0.1, 0.15) is 102 Å². The Bertz CT molecular complexity index is 1660. The van der Waals surface area contributed by atoms with Crippen molar-refractivity contribution >= 4 is 44.0 Å². The number of carbonyl (C=O) groups is 1. The monoisotopic (exact) mass is 675 g/mol. The number of carbonyl (C=O) groups excluding carboxylic acids is 1. The number of fused-ring (bicyclic) bond motifs is 2.